The zero-order chi connectivity index (χ0) is 13.9. The van der Waals surface area contributed by atoms with Crippen LogP contribution in [-0.4, -0.2) is 21.5 Å². The lowest BCUT2D eigenvalue weighted by Crippen LogP contribution is -2.21. The molecule has 0 aliphatic heterocycles. The number of nitrogens with one attached hydrogen (secondary N) is 2. The quantitative estimate of drug-likeness (QED) is 0.708. The molecule has 3 aromatic heterocycles. The molecule has 0 saturated heterocycles. The summed E-state index contributed by atoms with van der Waals surface area (Å²) in [5.41, 5.74) is 1.82. The van der Waals surface area contributed by atoms with Gasteiger partial charge in [0.1, 0.15) is 10.5 Å². The van der Waals surface area contributed by atoms with Crippen LogP contribution in [0.1, 0.15) is 16.5 Å². The molecule has 3 aromatic rings. The fraction of sp³-hybridized carbons (Fsp3) is 0.308. The van der Waals surface area contributed by atoms with Crippen LogP contribution < -0.4 is 10.9 Å². The highest BCUT2D eigenvalue weighted by Gasteiger charge is 2.04. The van der Waals surface area contributed by atoms with Crippen LogP contribution in [0.5, 0.6) is 0 Å². The maximum Gasteiger partial charge on any atom is 0.268 e. The fourth-order valence-corrected chi connectivity index (χ4v) is 3.32. The van der Waals surface area contributed by atoms with Gasteiger partial charge in [0.15, 0.2) is 0 Å². The average molecular weight is 306 g/mol. The molecule has 0 aliphatic carbocycles. The monoisotopic (exact) mass is 306 g/mol. The van der Waals surface area contributed by atoms with Crippen molar-refractivity contribution >= 4 is 32.9 Å². The molecule has 0 aromatic carbocycles. The first-order valence-corrected chi connectivity index (χ1v) is 8.06. The number of thiazole rings is 1. The molecule has 3 rings (SSSR count). The van der Waals surface area contributed by atoms with E-state index in [1.807, 2.05) is 18.4 Å². The van der Waals surface area contributed by atoms with E-state index in [2.05, 4.69) is 25.6 Å². The number of fused-ring (bicyclic) bond motifs is 1. The lowest BCUT2D eigenvalue weighted by molar-refractivity contribution is 0.655. The average Bonchev–Trinajstić information content (AvgIpc) is 3.04. The largest absolute Gasteiger partial charge is 0.310 e. The summed E-state index contributed by atoms with van der Waals surface area (Å²) in [6.45, 7) is 3.38. The summed E-state index contributed by atoms with van der Waals surface area (Å²) in [7, 11) is 0. The maximum atomic E-state index is 11.8. The molecule has 0 atom stereocenters. The van der Waals surface area contributed by atoms with Crippen molar-refractivity contribution in [3.8, 4) is 0 Å². The number of aromatic nitrogens is 3. The van der Waals surface area contributed by atoms with E-state index in [0.29, 0.717) is 17.1 Å². The Balaban J connectivity index is 1.58. The van der Waals surface area contributed by atoms with Gasteiger partial charge in [-0.1, -0.05) is 0 Å². The maximum absolute atomic E-state index is 11.8. The van der Waals surface area contributed by atoms with Gasteiger partial charge in [0, 0.05) is 18.3 Å². The SMILES string of the molecule is Cc1nc(CCNCc2nc3ccsc3c(=O)[nH]2)cs1. The molecule has 0 unspecified atom stereocenters. The third-order valence-electron chi connectivity index (χ3n) is 2.88. The summed E-state index contributed by atoms with van der Waals surface area (Å²) in [6, 6.07) is 1.87. The Morgan fingerprint density at radius 3 is 3.05 bits per heavy atom. The zero-order valence-electron chi connectivity index (χ0n) is 11.0. The Morgan fingerprint density at radius 1 is 1.35 bits per heavy atom. The number of H-pyrrole nitrogens is 1. The Bertz CT molecular complexity index is 774. The predicted molar refractivity (Wildman–Crippen MR) is 82.5 cm³/mol. The number of aryl methyl sites for hydroxylation is 1. The number of thiophene rings is 1. The van der Waals surface area contributed by atoms with Gasteiger partial charge >= 0.3 is 0 Å². The van der Waals surface area contributed by atoms with Crippen LogP contribution in [-0.2, 0) is 13.0 Å². The summed E-state index contributed by atoms with van der Waals surface area (Å²) in [5.74, 6) is 0.676. The minimum absolute atomic E-state index is 0.0584. The van der Waals surface area contributed by atoms with Gasteiger partial charge in [0.2, 0.25) is 0 Å². The predicted octanol–water partition coefficient (Wildman–Crippen LogP) is 2.08. The van der Waals surface area contributed by atoms with Crippen molar-refractivity contribution < 1.29 is 0 Å². The summed E-state index contributed by atoms with van der Waals surface area (Å²) in [4.78, 5) is 23.4. The Kier molecular flexibility index (Phi) is 3.90. The van der Waals surface area contributed by atoms with Crippen molar-refractivity contribution in [2.75, 3.05) is 6.54 Å². The first kappa shape index (κ1) is 13.4. The van der Waals surface area contributed by atoms with Gasteiger partial charge in [-0.3, -0.25) is 4.79 Å². The first-order valence-electron chi connectivity index (χ1n) is 6.30. The van der Waals surface area contributed by atoms with Crippen molar-refractivity contribution in [2.24, 2.45) is 0 Å². The second-order valence-corrected chi connectivity index (χ2v) is 6.41. The molecular formula is C13H14N4OS2. The van der Waals surface area contributed by atoms with Crippen molar-refractivity contribution in [1.82, 2.24) is 20.3 Å². The van der Waals surface area contributed by atoms with Gasteiger partial charge in [-0.2, -0.15) is 0 Å². The minimum Gasteiger partial charge on any atom is -0.310 e. The molecule has 0 aliphatic rings. The van der Waals surface area contributed by atoms with Crippen molar-refractivity contribution in [2.45, 2.75) is 19.9 Å². The Hall–Kier alpha value is -1.57. The molecule has 0 bridgehead atoms. The van der Waals surface area contributed by atoms with Gasteiger partial charge in [0.25, 0.3) is 5.56 Å². The lowest BCUT2D eigenvalue weighted by Gasteiger charge is -2.03. The summed E-state index contributed by atoms with van der Waals surface area (Å²) in [5, 5.41) is 8.33. The number of hydrogen-bond acceptors (Lipinski definition) is 6. The number of aromatic amines is 1. The standard InChI is InChI=1S/C13H14N4OS2/c1-8-15-9(7-20-8)2-4-14-6-11-16-10-3-5-19-12(10)13(18)17-11/h3,5,7,14H,2,4,6H2,1H3,(H,16,17,18). The molecule has 3 heterocycles. The molecule has 5 nitrogen and oxygen atoms in total. The second kappa shape index (κ2) is 5.82. The molecule has 0 spiro atoms. The van der Waals surface area contributed by atoms with Crippen LogP contribution in [0.4, 0.5) is 0 Å². The smallest absolute Gasteiger partial charge is 0.268 e. The second-order valence-electron chi connectivity index (χ2n) is 4.43. The molecule has 7 heteroatoms. The van der Waals surface area contributed by atoms with E-state index in [0.717, 1.165) is 29.2 Å². The van der Waals surface area contributed by atoms with E-state index in [-0.39, 0.29) is 5.56 Å². The molecule has 104 valence electrons. The number of hydrogen-bond donors (Lipinski definition) is 2. The summed E-state index contributed by atoms with van der Waals surface area (Å²) >= 11 is 3.08. The van der Waals surface area contributed by atoms with Crippen LogP contribution in [0.25, 0.3) is 10.2 Å². The molecule has 0 amide bonds. The van der Waals surface area contributed by atoms with Crippen molar-refractivity contribution in [3.05, 3.63) is 43.7 Å². The molecule has 0 radical (unpaired) electrons. The zero-order valence-corrected chi connectivity index (χ0v) is 12.6. The molecule has 0 saturated carbocycles. The van der Waals surface area contributed by atoms with E-state index in [1.165, 1.54) is 11.3 Å². The normalized spacial score (nSPS) is 11.2. The third kappa shape index (κ3) is 2.95. The van der Waals surface area contributed by atoms with Crippen molar-refractivity contribution in [3.63, 3.8) is 0 Å². The van der Waals surface area contributed by atoms with Crippen LogP contribution in [0, 0.1) is 6.92 Å². The highest BCUT2D eigenvalue weighted by molar-refractivity contribution is 7.17. The van der Waals surface area contributed by atoms with E-state index < -0.39 is 0 Å². The first-order chi connectivity index (χ1) is 9.72. The fourth-order valence-electron chi connectivity index (χ4n) is 1.95. The van der Waals surface area contributed by atoms with E-state index in [9.17, 15) is 4.79 Å². The van der Waals surface area contributed by atoms with Gasteiger partial charge in [-0.25, -0.2) is 9.97 Å². The summed E-state index contributed by atoms with van der Waals surface area (Å²) in [6.07, 6.45) is 0.884. The van der Waals surface area contributed by atoms with Crippen LogP contribution in [0.15, 0.2) is 21.6 Å². The highest BCUT2D eigenvalue weighted by atomic mass is 32.1. The lowest BCUT2D eigenvalue weighted by atomic mass is 10.3. The van der Waals surface area contributed by atoms with Gasteiger partial charge < -0.3 is 10.3 Å². The van der Waals surface area contributed by atoms with Gasteiger partial charge in [-0.15, -0.1) is 22.7 Å². The highest BCUT2D eigenvalue weighted by Crippen LogP contribution is 2.13. The third-order valence-corrected chi connectivity index (χ3v) is 4.61. The van der Waals surface area contributed by atoms with E-state index in [1.54, 1.807) is 11.3 Å². The van der Waals surface area contributed by atoms with Gasteiger partial charge in [0.05, 0.1) is 22.8 Å². The van der Waals surface area contributed by atoms with Crippen LogP contribution in [0.2, 0.25) is 0 Å². The Morgan fingerprint density at radius 2 is 2.25 bits per heavy atom. The van der Waals surface area contributed by atoms with Gasteiger partial charge in [-0.05, 0) is 18.4 Å². The topological polar surface area (TPSA) is 70.7 Å². The number of rotatable bonds is 5. The molecule has 2 N–H and O–H groups in total. The summed E-state index contributed by atoms with van der Waals surface area (Å²) < 4.78 is 0.687. The molecule has 20 heavy (non-hydrogen) atoms. The van der Waals surface area contributed by atoms with Crippen LogP contribution in [0.3, 0.4) is 0 Å². The molecule has 0 fully saturated rings. The van der Waals surface area contributed by atoms with E-state index >= 15 is 0 Å². The molecular weight excluding hydrogens is 292 g/mol. The minimum atomic E-state index is -0.0584. The Labute approximate surface area is 123 Å². The van der Waals surface area contributed by atoms with Crippen molar-refractivity contribution in [1.29, 1.82) is 0 Å². The number of nitrogens with zero attached hydrogens (tertiary/aromatic N) is 2. The van der Waals surface area contributed by atoms with E-state index in [4.69, 9.17) is 0 Å². The van der Waals surface area contributed by atoms with Crippen LogP contribution >= 0.6 is 22.7 Å².